The molecule has 2 heterocycles. The fourth-order valence-corrected chi connectivity index (χ4v) is 4.02. The van der Waals surface area contributed by atoms with Crippen LogP contribution in [0, 0.1) is 0 Å². The third-order valence-corrected chi connectivity index (χ3v) is 6.06. The summed E-state index contributed by atoms with van der Waals surface area (Å²) < 4.78 is 11.7. The summed E-state index contributed by atoms with van der Waals surface area (Å²) >= 11 is 1.32. The Kier molecular flexibility index (Phi) is 6.69. The molecule has 0 radical (unpaired) electrons. The summed E-state index contributed by atoms with van der Waals surface area (Å²) in [4.78, 5) is 42.3. The molecule has 9 nitrogen and oxygen atoms in total. The first-order chi connectivity index (χ1) is 16.3. The van der Waals surface area contributed by atoms with Crippen molar-refractivity contribution in [3.05, 3.63) is 86.8 Å². The average Bonchev–Trinajstić information content (AvgIpc) is 3.28. The Bertz CT molecular complexity index is 1430. The predicted octanol–water partition coefficient (Wildman–Crippen LogP) is 3.89. The van der Waals surface area contributed by atoms with E-state index < -0.39 is 5.97 Å². The number of nitrogens with zero attached hydrogens (tertiary/aromatic N) is 3. The van der Waals surface area contributed by atoms with E-state index in [-0.39, 0.29) is 29.6 Å². The van der Waals surface area contributed by atoms with Crippen molar-refractivity contribution in [2.24, 2.45) is 0 Å². The Labute approximate surface area is 199 Å². The monoisotopic (exact) mass is 478 g/mol. The maximum absolute atomic E-state index is 12.6. The lowest BCUT2D eigenvalue weighted by Gasteiger charge is -2.09. The number of carbonyl (C=O) groups excluding carboxylic acids is 2. The lowest BCUT2D eigenvalue weighted by atomic mass is 10.1. The molecule has 0 aliphatic carbocycles. The predicted molar refractivity (Wildman–Crippen MR) is 128 cm³/mol. The van der Waals surface area contributed by atoms with Crippen LogP contribution >= 0.6 is 11.3 Å². The molecule has 1 amide bonds. The SMILES string of the molecule is COc1cccc(C(=O)Nc2cccc(C(=O)OCc3cc(=O)n4nc(C(C)C)sc4n3)c2)c1. The minimum atomic E-state index is -0.605. The van der Waals surface area contributed by atoms with Crippen molar-refractivity contribution in [2.45, 2.75) is 26.4 Å². The van der Waals surface area contributed by atoms with Gasteiger partial charge in [0.15, 0.2) is 0 Å². The largest absolute Gasteiger partial charge is 0.497 e. The molecule has 0 saturated carbocycles. The van der Waals surface area contributed by atoms with E-state index in [2.05, 4.69) is 15.4 Å². The Balaban J connectivity index is 1.44. The summed E-state index contributed by atoms with van der Waals surface area (Å²) in [6.07, 6.45) is 0. The molecule has 0 atom stereocenters. The Morgan fingerprint density at radius 2 is 1.85 bits per heavy atom. The molecule has 10 heteroatoms. The number of benzene rings is 2. The zero-order valence-electron chi connectivity index (χ0n) is 18.8. The van der Waals surface area contributed by atoms with Gasteiger partial charge in [0.2, 0.25) is 4.96 Å². The number of aromatic nitrogens is 3. The molecule has 4 aromatic rings. The molecule has 2 aromatic carbocycles. The first kappa shape index (κ1) is 23.1. The van der Waals surface area contributed by atoms with E-state index in [1.54, 1.807) is 42.5 Å². The molecule has 174 valence electrons. The molecule has 34 heavy (non-hydrogen) atoms. The second kappa shape index (κ2) is 9.84. The summed E-state index contributed by atoms with van der Waals surface area (Å²) in [5.74, 6) is -0.210. The molecule has 0 aliphatic rings. The second-order valence-electron chi connectivity index (χ2n) is 7.72. The Hall–Kier alpha value is -4.05. The van der Waals surface area contributed by atoms with Gasteiger partial charge in [-0.1, -0.05) is 37.3 Å². The maximum Gasteiger partial charge on any atom is 0.338 e. The maximum atomic E-state index is 12.6. The number of carbonyl (C=O) groups is 2. The lowest BCUT2D eigenvalue weighted by Crippen LogP contribution is -2.17. The van der Waals surface area contributed by atoms with Gasteiger partial charge < -0.3 is 14.8 Å². The van der Waals surface area contributed by atoms with E-state index >= 15 is 0 Å². The number of anilines is 1. The number of rotatable bonds is 7. The van der Waals surface area contributed by atoms with E-state index in [9.17, 15) is 14.4 Å². The van der Waals surface area contributed by atoms with Gasteiger partial charge in [-0.25, -0.2) is 9.78 Å². The molecular formula is C24H22N4O5S. The van der Waals surface area contributed by atoms with Crippen LogP contribution in [0.1, 0.15) is 51.2 Å². The zero-order valence-corrected chi connectivity index (χ0v) is 19.6. The van der Waals surface area contributed by atoms with Gasteiger partial charge in [-0.3, -0.25) is 9.59 Å². The molecule has 2 aromatic heterocycles. The first-order valence-electron chi connectivity index (χ1n) is 10.5. The van der Waals surface area contributed by atoms with Crippen LogP contribution in [0.2, 0.25) is 0 Å². The molecule has 0 bridgehead atoms. The number of fused-ring (bicyclic) bond motifs is 1. The van der Waals surface area contributed by atoms with E-state index in [1.807, 2.05) is 13.8 Å². The summed E-state index contributed by atoms with van der Waals surface area (Å²) in [6, 6.07) is 14.4. The number of hydrogen-bond acceptors (Lipinski definition) is 8. The van der Waals surface area contributed by atoms with E-state index in [1.165, 1.54) is 35.1 Å². The molecule has 4 rings (SSSR count). The van der Waals surface area contributed by atoms with E-state index in [0.29, 0.717) is 27.7 Å². The van der Waals surface area contributed by atoms with Crippen molar-refractivity contribution in [1.82, 2.24) is 14.6 Å². The van der Waals surface area contributed by atoms with Gasteiger partial charge in [-0.2, -0.15) is 9.61 Å². The average molecular weight is 479 g/mol. The summed E-state index contributed by atoms with van der Waals surface area (Å²) in [6.45, 7) is 3.80. The number of esters is 1. The standard InChI is InChI=1S/C24H22N4O5S/c1-14(2)22-27-28-20(29)12-18(26-24(28)34-22)13-33-23(31)16-7-4-8-17(10-16)25-21(30)15-6-5-9-19(11-15)32-3/h4-12,14H,13H2,1-3H3,(H,25,30). The highest BCUT2D eigenvalue weighted by Crippen LogP contribution is 2.20. The fourth-order valence-electron chi connectivity index (χ4n) is 3.09. The van der Waals surface area contributed by atoms with Crippen LogP contribution in [0.25, 0.3) is 4.96 Å². The van der Waals surface area contributed by atoms with Crippen molar-refractivity contribution < 1.29 is 19.1 Å². The quantitative estimate of drug-likeness (QED) is 0.401. The number of ether oxygens (including phenoxy) is 2. The second-order valence-corrected chi connectivity index (χ2v) is 8.71. The number of hydrogen-bond donors (Lipinski definition) is 1. The van der Waals surface area contributed by atoms with Crippen LogP contribution in [-0.4, -0.2) is 33.6 Å². The Morgan fingerprint density at radius 1 is 1.09 bits per heavy atom. The molecule has 0 spiro atoms. The van der Waals surface area contributed by atoms with Crippen molar-refractivity contribution >= 4 is 33.9 Å². The molecule has 1 N–H and O–H groups in total. The van der Waals surface area contributed by atoms with Crippen molar-refractivity contribution in [3.63, 3.8) is 0 Å². The van der Waals surface area contributed by atoms with Crippen molar-refractivity contribution in [3.8, 4) is 5.75 Å². The van der Waals surface area contributed by atoms with Crippen LogP contribution in [0.5, 0.6) is 5.75 Å². The molecule has 0 aliphatic heterocycles. The third kappa shape index (κ3) is 5.12. The van der Waals surface area contributed by atoms with Gasteiger partial charge in [0.25, 0.3) is 11.5 Å². The highest BCUT2D eigenvalue weighted by Gasteiger charge is 2.14. The summed E-state index contributed by atoms with van der Waals surface area (Å²) in [5, 5.41) is 7.82. The molecule has 0 saturated heterocycles. The third-order valence-electron chi connectivity index (χ3n) is 4.85. The van der Waals surface area contributed by atoms with Crippen LogP contribution < -0.4 is 15.6 Å². The summed E-state index contributed by atoms with van der Waals surface area (Å²) in [7, 11) is 1.52. The minimum Gasteiger partial charge on any atom is -0.497 e. The number of nitrogens with one attached hydrogen (secondary N) is 1. The van der Waals surface area contributed by atoms with Gasteiger partial charge in [0.1, 0.15) is 17.4 Å². The van der Waals surface area contributed by atoms with Gasteiger partial charge in [0.05, 0.1) is 18.4 Å². The number of methoxy groups -OCH3 is 1. The van der Waals surface area contributed by atoms with Crippen LogP contribution in [0.4, 0.5) is 5.69 Å². The first-order valence-corrected chi connectivity index (χ1v) is 11.3. The van der Waals surface area contributed by atoms with Gasteiger partial charge in [-0.05, 0) is 36.4 Å². The summed E-state index contributed by atoms with van der Waals surface area (Å²) in [5.41, 5.74) is 1.11. The smallest absolute Gasteiger partial charge is 0.338 e. The number of amides is 1. The Morgan fingerprint density at radius 3 is 2.62 bits per heavy atom. The van der Waals surface area contributed by atoms with Crippen molar-refractivity contribution in [2.75, 3.05) is 12.4 Å². The van der Waals surface area contributed by atoms with Gasteiger partial charge in [-0.15, -0.1) is 0 Å². The minimum absolute atomic E-state index is 0.167. The van der Waals surface area contributed by atoms with E-state index in [0.717, 1.165) is 5.01 Å². The molecular weight excluding hydrogens is 456 g/mol. The van der Waals surface area contributed by atoms with Gasteiger partial charge >= 0.3 is 5.97 Å². The fraction of sp³-hybridized carbons (Fsp3) is 0.208. The zero-order chi connectivity index (χ0) is 24.2. The van der Waals surface area contributed by atoms with Crippen LogP contribution in [0.15, 0.2) is 59.4 Å². The highest BCUT2D eigenvalue weighted by atomic mass is 32.1. The topological polar surface area (TPSA) is 112 Å². The lowest BCUT2D eigenvalue weighted by molar-refractivity contribution is 0.0467. The van der Waals surface area contributed by atoms with Crippen LogP contribution in [0.3, 0.4) is 0 Å². The molecule has 0 unspecified atom stereocenters. The normalized spacial score (nSPS) is 10.9. The van der Waals surface area contributed by atoms with E-state index in [4.69, 9.17) is 9.47 Å². The van der Waals surface area contributed by atoms with Crippen LogP contribution in [-0.2, 0) is 11.3 Å². The molecule has 0 fully saturated rings. The van der Waals surface area contributed by atoms with Crippen molar-refractivity contribution in [1.29, 1.82) is 0 Å². The van der Waals surface area contributed by atoms with Gasteiger partial charge in [0, 0.05) is 23.2 Å². The highest BCUT2D eigenvalue weighted by molar-refractivity contribution is 7.16.